The number of piperazine rings is 1. The van der Waals surface area contributed by atoms with E-state index in [0.29, 0.717) is 31.4 Å². The number of urea groups is 1. The molecule has 8 heteroatoms. The van der Waals surface area contributed by atoms with E-state index in [0.717, 1.165) is 43.6 Å². The lowest BCUT2D eigenvalue weighted by atomic mass is 9.96. The van der Waals surface area contributed by atoms with E-state index in [1.807, 2.05) is 24.1 Å². The number of carbonyl (C=O) groups excluding carboxylic acids is 1. The highest BCUT2D eigenvalue weighted by atomic mass is 19.1. The van der Waals surface area contributed by atoms with Gasteiger partial charge in [-0.05, 0) is 50.4 Å². The summed E-state index contributed by atoms with van der Waals surface area (Å²) in [7, 11) is 2.02. The van der Waals surface area contributed by atoms with Crippen molar-refractivity contribution >= 4 is 6.03 Å². The first kappa shape index (κ1) is 18.5. The third kappa shape index (κ3) is 3.73. The van der Waals surface area contributed by atoms with E-state index in [9.17, 15) is 9.18 Å². The van der Waals surface area contributed by atoms with E-state index in [-0.39, 0.29) is 23.3 Å². The van der Waals surface area contributed by atoms with Gasteiger partial charge in [0.15, 0.2) is 5.82 Å². The van der Waals surface area contributed by atoms with Gasteiger partial charge in [0.05, 0.1) is 0 Å². The van der Waals surface area contributed by atoms with E-state index < -0.39 is 0 Å². The van der Waals surface area contributed by atoms with Gasteiger partial charge in [-0.15, -0.1) is 0 Å². The van der Waals surface area contributed by atoms with Crippen LogP contribution in [-0.2, 0) is 5.41 Å². The first-order valence-electron chi connectivity index (χ1n) is 10.4. The molecular weight excluding hydrogens is 373 g/mol. The van der Waals surface area contributed by atoms with Crippen LogP contribution in [0.25, 0.3) is 0 Å². The molecule has 1 unspecified atom stereocenters. The van der Waals surface area contributed by atoms with E-state index in [4.69, 9.17) is 4.52 Å². The van der Waals surface area contributed by atoms with E-state index in [1.165, 1.54) is 12.1 Å². The van der Waals surface area contributed by atoms with Crippen LogP contribution in [0.1, 0.15) is 54.9 Å². The molecule has 1 atom stereocenters. The van der Waals surface area contributed by atoms with E-state index in [2.05, 4.69) is 20.4 Å². The molecular formula is C21H26FN5O2. The molecule has 1 saturated heterocycles. The number of amides is 2. The molecule has 3 aliphatic rings. The molecule has 1 N–H and O–H groups in total. The summed E-state index contributed by atoms with van der Waals surface area (Å²) in [6, 6.07) is 6.48. The minimum atomic E-state index is -0.233. The number of halogens is 1. The molecule has 0 radical (unpaired) electrons. The Morgan fingerprint density at radius 3 is 2.72 bits per heavy atom. The fourth-order valence-corrected chi connectivity index (χ4v) is 4.09. The standard InChI is InChI=1S/C21H26FN5O2/c1-26-10-11-27(12-17(26)19-24-18(25-29-19)14-2-3-14)20(28)23-13-21(8-9-21)15-4-6-16(22)7-5-15/h4-7,14,17H,2-3,8-13H2,1H3,(H,23,28). The molecule has 7 nitrogen and oxygen atoms in total. The van der Waals surface area contributed by atoms with Crippen LogP contribution in [0.2, 0.25) is 0 Å². The number of rotatable bonds is 5. The normalized spacial score (nSPS) is 23.8. The molecule has 2 saturated carbocycles. The molecule has 2 aliphatic carbocycles. The summed E-state index contributed by atoms with van der Waals surface area (Å²) in [6.07, 6.45) is 4.28. The second-order valence-electron chi connectivity index (χ2n) is 8.65. The summed E-state index contributed by atoms with van der Waals surface area (Å²) in [5.41, 5.74) is 1.04. The zero-order valence-corrected chi connectivity index (χ0v) is 16.6. The Balaban J connectivity index is 1.21. The minimum absolute atomic E-state index is 0.0546. The van der Waals surface area contributed by atoms with Gasteiger partial charge in [-0.3, -0.25) is 4.90 Å². The molecule has 29 heavy (non-hydrogen) atoms. The Morgan fingerprint density at radius 1 is 1.28 bits per heavy atom. The summed E-state index contributed by atoms with van der Waals surface area (Å²) in [4.78, 5) is 21.4. The SMILES string of the molecule is CN1CCN(C(=O)NCC2(c3ccc(F)cc3)CC2)CC1c1nc(C2CC2)no1. The van der Waals surface area contributed by atoms with Crippen molar-refractivity contribution in [3.05, 3.63) is 47.4 Å². The molecule has 3 fully saturated rings. The molecule has 1 aromatic heterocycles. The predicted molar refractivity (Wildman–Crippen MR) is 104 cm³/mol. The average Bonchev–Trinajstić information content (AvgIpc) is 3.66. The molecule has 0 spiro atoms. The molecule has 2 amide bonds. The molecule has 154 valence electrons. The van der Waals surface area contributed by atoms with Crippen LogP contribution in [0.15, 0.2) is 28.8 Å². The number of benzene rings is 1. The number of hydrogen-bond donors (Lipinski definition) is 1. The maximum atomic E-state index is 13.2. The smallest absolute Gasteiger partial charge is 0.317 e. The van der Waals surface area contributed by atoms with E-state index in [1.54, 1.807) is 0 Å². The third-order valence-electron chi connectivity index (χ3n) is 6.51. The van der Waals surface area contributed by atoms with Gasteiger partial charge in [-0.2, -0.15) is 4.98 Å². The number of aromatic nitrogens is 2. The number of nitrogens with one attached hydrogen (secondary N) is 1. The quantitative estimate of drug-likeness (QED) is 0.837. The molecule has 2 heterocycles. The summed E-state index contributed by atoms with van der Waals surface area (Å²) in [6.45, 7) is 2.51. The van der Waals surface area contributed by atoms with Crippen molar-refractivity contribution in [3.63, 3.8) is 0 Å². The minimum Gasteiger partial charge on any atom is -0.338 e. The molecule has 1 aliphatic heterocycles. The fourth-order valence-electron chi connectivity index (χ4n) is 4.09. The summed E-state index contributed by atoms with van der Waals surface area (Å²) < 4.78 is 18.7. The van der Waals surface area contributed by atoms with Crippen molar-refractivity contribution in [2.75, 3.05) is 33.2 Å². The van der Waals surface area contributed by atoms with Crippen LogP contribution in [0.5, 0.6) is 0 Å². The summed E-state index contributed by atoms with van der Waals surface area (Å²) in [5, 5.41) is 7.21. The second-order valence-corrected chi connectivity index (χ2v) is 8.65. The van der Waals surface area contributed by atoms with Gasteiger partial charge >= 0.3 is 6.03 Å². The lowest BCUT2D eigenvalue weighted by Crippen LogP contribution is -2.53. The molecule has 0 bridgehead atoms. The first-order chi connectivity index (χ1) is 14.0. The fraction of sp³-hybridized carbons (Fsp3) is 0.571. The zero-order valence-electron chi connectivity index (χ0n) is 16.6. The van der Waals surface area contributed by atoms with Crippen LogP contribution in [-0.4, -0.2) is 59.2 Å². The largest absolute Gasteiger partial charge is 0.338 e. The van der Waals surface area contributed by atoms with Crippen LogP contribution < -0.4 is 5.32 Å². The van der Waals surface area contributed by atoms with Crippen molar-refractivity contribution in [3.8, 4) is 0 Å². The Bertz CT molecular complexity index is 891. The second kappa shape index (κ2) is 7.09. The topological polar surface area (TPSA) is 74.5 Å². The lowest BCUT2D eigenvalue weighted by Gasteiger charge is -2.37. The third-order valence-corrected chi connectivity index (χ3v) is 6.51. The van der Waals surface area contributed by atoms with Gasteiger partial charge < -0.3 is 14.7 Å². The molecule has 1 aromatic carbocycles. The Hall–Kier alpha value is -2.48. The number of carbonyl (C=O) groups is 1. The van der Waals surface area contributed by atoms with Crippen LogP contribution >= 0.6 is 0 Å². The average molecular weight is 399 g/mol. The van der Waals surface area contributed by atoms with E-state index >= 15 is 0 Å². The van der Waals surface area contributed by atoms with Crippen molar-refractivity contribution < 1.29 is 13.7 Å². The van der Waals surface area contributed by atoms with Crippen molar-refractivity contribution in [1.29, 1.82) is 0 Å². The van der Waals surface area contributed by atoms with Crippen molar-refractivity contribution in [1.82, 2.24) is 25.3 Å². The highest BCUT2D eigenvalue weighted by molar-refractivity contribution is 5.74. The monoisotopic (exact) mass is 399 g/mol. The van der Waals surface area contributed by atoms with Gasteiger partial charge in [0, 0.05) is 37.5 Å². The lowest BCUT2D eigenvalue weighted by molar-refractivity contribution is 0.0909. The summed E-state index contributed by atoms with van der Waals surface area (Å²) in [5.74, 6) is 1.60. The van der Waals surface area contributed by atoms with Gasteiger partial charge in [0.1, 0.15) is 11.9 Å². The number of nitrogens with zero attached hydrogens (tertiary/aromatic N) is 4. The van der Waals surface area contributed by atoms with Crippen LogP contribution in [0.4, 0.5) is 9.18 Å². The number of hydrogen-bond acceptors (Lipinski definition) is 5. The molecule has 2 aromatic rings. The Labute approximate surface area is 169 Å². The van der Waals surface area contributed by atoms with Crippen LogP contribution in [0, 0.1) is 5.82 Å². The van der Waals surface area contributed by atoms with Gasteiger partial charge in [-0.25, -0.2) is 9.18 Å². The van der Waals surface area contributed by atoms with Crippen molar-refractivity contribution in [2.45, 2.75) is 43.1 Å². The maximum Gasteiger partial charge on any atom is 0.317 e. The van der Waals surface area contributed by atoms with Crippen LogP contribution in [0.3, 0.4) is 0 Å². The van der Waals surface area contributed by atoms with Gasteiger partial charge in [-0.1, -0.05) is 17.3 Å². The first-order valence-corrected chi connectivity index (χ1v) is 10.4. The maximum absolute atomic E-state index is 13.2. The summed E-state index contributed by atoms with van der Waals surface area (Å²) >= 11 is 0. The highest BCUT2D eigenvalue weighted by Gasteiger charge is 2.45. The van der Waals surface area contributed by atoms with Crippen molar-refractivity contribution in [2.24, 2.45) is 0 Å². The van der Waals surface area contributed by atoms with Gasteiger partial charge in [0.2, 0.25) is 5.89 Å². The number of likely N-dealkylation sites (N-methyl/N-ethyl adjacent to an activating group) is 1. The highest BCUT2D eigenvalue weighted by Crippen LogP contribution is 2.47. The molecule has 5 rings (SSSR count). The zero-order chi connectivity index (χ0) is 20.0. The predicted octanol–water partition coefficient (Wildman–Crippen LogP) is 2.82. The Morgan fingerprint density at radius 2 is 2.03 bits per heavy atom. The Kier molecular flexibility index (Phi) is 4.53. The van der Waals surface area contributed by atoms with Gasteiger partial charge in [0.25, 0.3) is 0 Å².